The lowest BCUT2D eigenvalue weighted by molar-refractivity contribution is -0.136. The summed E-state index contributed by atoms with van der Waals surface area (Å²) in [6.45, 7) is 1.57. The zero-order chi connectivity index (χ0) is 19.1. The summed E-state index contributed by atoms with van der Waals surface area (Å²) in [5.41, 5.74) is 2.91. The van der Waals surface area contributed by atoms with Crippen molar-refractivity contribution in [3.63, 3.8) is 0 Å². The van der Waals surface area contributed by atoms with Crippen molar-refractivity contribution in [2.45, 2.75) is 43.6 Å². The van der Waals surface area contributed by atoms with Crippen molar-refractivity contribution < 1.29 is 4.79 Å². The molecular formula is C23H24ClN3O. The second-order valence-electron chi connectivity index (χ2n) is 8.13. The number of nitrogens with zero attached hydrogens (tertiary/aromatic N) is 3. The highest BCUT2D eigenvalue weighted by atomic mass is 35.5. The van der Waals surface area contributed by atoms with Gasteiger partial charge in [-0.3, -0.25) is 4.79 Å². The van der Waals surface area contributed by atoms with Crippen LogP contribution in [0.5, 0.6) is 0 Å². The molecular weight excluding hydrogens is 370 g/mol. The molecule has 1 saturated carbocycles. The minimum absolute atomic E-state index is 0.291. The van der Waals surface area contributed by atoms with Crippen molar-refractivity contribution >= 4 is 28.5 Å². The minimum Gasteiger partial charge on any atom is -0.340 e. The zero-order valence-corrected chi connectivity index (χ0v) is 16.6. The summed E-state index contributed by atoms with van der Waals surface area (Å²) in [4.78, 5) is 20.3. The SMILES string of the molecule is O=C(N1CC[C@@H](n2cnc3ccccc32)C1)C1(c2ccc(Cl)cc2)CCCC1. The number of likely N-dealkylation sites (tertiary alicyclic amines) is 1. The average Bonchev–Trinajstić information content (AvgIpc) is 3.47. The largest absolute Gasteiger partial charge is 0.340 e. The summed E-state index contributed by atoms with van der Waals surface area (Å²) in [5.74, 6) is 0.291. The fourth-order valence-corrected chi connectivity index (χ4v) is 5.22. The molecule has 0 unspecified atom stereocenters. The van der Waals surface area contributed by atoms with Crippen molar-refractivity contribution in [3.05, 3.63) is 65.4 Å². The maximum Gasteiger partial charge on any atom is 0.233 e. The first-order chi connectivity index (χ1) is 13.7. The molecule has 3 aromatic rings. The summed E-state index contributed by atoms with van der Waals surface area (Å²) in [6, 6.07) is 16.4. The first-order valence-electron chi connectivity index (χ1n) is 10.1. The van der Waals surface area contributed by atoms with E-state index in [2.05, 4.69) is 20.5 Å². The lowest BCUT2D eigenvalue weighted by atomic mass is 9.77. The van der Waals surface area contributed by atoms with E-state index in [1.54, 1.807) is 0 Å². The third-order valence-electron chi connectivity index (χ3n) is 6.59. The molecule has 1 atom stereocenters. The molecule has 2 heterocycles. The zero-order valence-electron chi connectivity index (χ0n) is 15.9. The highest BCUT2D eigenvalue weighted by Crippen LogP contribution is 2.44. The van der Waals surface area contributed by atoms with Crippen LogP contribution in [0.2, 0.25) is 5.02 Å². The molecule has 2 fully saturated rings. The molecule has 1 saturated heterocycles. The number of hydrogen-bond donors (Lipinski definition) is 0. The van der Waals surface area contributed by atoms with E-state index in [0.29, 0.717) is 11.9 Å². The van der Waals surface area contributed by atoms with Crippen molar-refractivity contribution in [1.29, 1.82) is 0 Å². The van der Waals surface area contributed by atoms with Crippen LogP contribution in [0.15, 0.2) is 54.9 Å². The molecule has 1 aromatic heterocycles. The van der Waals surface area contributed by atoms with Crippen LogP contribution in [0.3, 0.4) is 0 Å². The Kier molecular flexibility index (Phi) is 4.39. The molecule has 1 aliphatic carbocycles. The van der Waals surface area contributed by atoms with Crippen molar-refractivity contribution in [3.8, 4) is 0 Å². The summed E-state index contributed by atoms with van der Waals surface area (Å²) < 4.78 is 2.24. The van der Waals surface area contributed by atoms with Crippen LogP contribution in [0, 0.1) is 0 Å². The molecule has 2 aromatic carbocycles. The van der Waals surface area contributed by atoms with E-state index in [1.165, 1.54) is 0 Å². The molecule has 144 valence electrons. The molecule has 5 heteroatoms. The summed E-state index contributed by atoms with van der Waals surface area (Å²) in [5, 5.41) is 0.720. The van der Waals surface area contributed by atoms with Crippen molar-refractivity contribution in [1.82, 2.24) is 14.5 Å². The number of carbonyl (C=O) groups excluding carboxylic acids is 1. The summed E-state index contributed by atoms with van der Waals surface area (Å²) in [6.07, 6.45) is 6.98. The lowest BCUT2D eigenvalue weighted by Gasteiger charge is -2.33. The van der Waals surface area contributed by atoms with Crippen LogP contribution >= 0.6 is 11.6 Å². The Morgan fingerprint density at radius 3 is 2.61 bits per heavy atom. The van der Waals surface area contributed by atoms with Gasteiger partial charge in [0.25, 0.3) is 0 Å². The van der Waals surface area contributed by atoms with Crippen LogP contribution in [-0.2, 0) is 10.2 Å². The molecule has 1 aliphatic heterocycles. The van der Waals surface area contributed by atoms with Crippen LogP contribution in [-0.4, -0.2) is 33.4 Å². The first-order valence-corrected chi connectivity index (χ1v) is 10.5. The monoisotopic (exact) mass is 393 g/mol. The number of aromatic nitrogens is 2. The number of para-hydroxylation sites is 2. The van der Waals surface area contributed by atoms with E-state index in [9.17, 15) is 4.79 Å². The Morgan fingerprint density at radius 1 is 1.07 bits per heavy atom. The minimum atomic E-state index is -0.378. The van der Waals surface area contributed by atoms with Gasteiger partial charge in [0.2, 0.25) is 5.91 Å². The lowest BCUT2D eigenvalue weighted by Crippen LogP contribution is -2.44. The number of amides is 1. The van der Waals surface area contributed by atoms with E-state index in [4.69, 9.17) is 11.6 Å². The van der Waals surface area contributed by atoms with Crippen LogP contribution < -0.4 is 0 Å². The Bertz CT molecular complexity index is 1000. The fourth-order valence-electron chi connectivity index (χ4n) is 5.10. The number of halogens is 1. The van der Waals surface area contributed by atoms with Gasteiger partial charge in [-0.25, -0.2) is 4.98 Å². The van der Waals surface area contributed by atoms with E-state index >= 15 is 0 Å². The van der Waals surface area contributed by atoms with Crippen molar-refractivity contribution in [2.75, 3.05) is 13.1 Å². The predicted molar refractivity (Wildman–Crippen MR) is 112 cm³/mol. The maximum absolute atomic E-state index is 13.7. The quantitative estimate of drug-likeness (QED) is 0.629. The number of benzene rings is 2. The number of imidazole rings is 1. The molecule has 2 aliphatic rings. The molecule has 0 radical (unpaired) electrons. The molecule has 1 amide bonds. The number of rotatable bonds is 3. The maximum atomic E-state index is 13.7. The normalized spacial score (nSPS) is 21.5. The second kappa shape index (κ2) is 6.93. The Labute approximate surface area is 170 Å². The first kappa shape index (κ1) is 17.7. The Morgan fingerprint density at radius 2 is 1.82 bits per heavy atom. The van der Waals surface area contributed by atoms with E-state index in [0.717, 1.165) is 66.8 Å². The number of hydrogen-bond acceptors (Lipinski definition) is 2. The topological polar surface area (TPSA) is 38.1 Å². The number of carbonyl (C=O) groups is 1. The molecule has 4 nitrogen and oxygen atoms in total. The average molecular weight is 394 g/mol. The standard InChI is InChI=1S/C23H24ClN3O/c24-18-9-7-17(8-10-18)23(12-3-4-13-23)22(28)26-14-11-19(15-26)27-16-25-20-5-1-2-6-21(20)27/h1-2,5-10,16,19H,3-4,11-15H2/t19-/m1/s1. The highest BCUT2D eigenvalue weighted by molar-refractivity contribution is 6.30. The van der Waals surface area contributed by atoms with Gasteiger partial charge < -0.3 is 9.47 Å². The second-order valence-corrected chi connectivity index (χ2v) is 8.57. The van der Waals surface area contributed by atoms with Gasteiger partial charge >= 0.3 is 0 Å². The van der Waals surface area contributed by atoms with Gasteiger partial charge in [-0.05, 0) is 49.1 Å². The van der Waals surface area contributed by atoms with E-state index < -0.39 is 0 Å². The van der Waals surface area contributed by atoms with Crippen LogP contribution in [0.1, 0.15) is 43.7 Å². The van der Waals surface area contributed by atoms with Crippen LogP contribution in [0.4, 0.5) is 0 Å². The van der Waals surface area contributed by atoms with Gasteiger partial charge in [0.05, 0.1) is 28.8 Å². The molecule has 0 spiro atoms. The van der Waals surface area contributed by atoms with Gasteiger partial charge in [-0.15, -0.1) is 0 Å². The number of fused-ring (bicyclic) bond motifs is 1. The van der Waals surface area contributed by atoms with E-state index in [-0.39, 0.29) is 5.41 Å². The third-order valence-corrected chi connectivity index (χ3v) is 6.84. The van der Waals surface area contributed by atoms with Gasteiger partial charge in [-0.2, -0.15) is 0 Å². The third kappa shape index (κ3) is 2.82. The Balaban J connectivity index is 1.41. The molecule has 0 bridgehead atoms. The summed E-state index contributed by atoms with van der Waals surface area (Å²) >= 11 is 6.09. The van der Waals surface area contributed by atoms with Gasteiger partial charge in [0.1, 0.15) is 0 Å². The smallest absolute Gasteiger partial charge is 0.233 e. The van der Waals surface area contributed by atoms with Gasteiger partial charge in [0, 0.05) is 18.1 Å². The molecule has 5 rings (SSSR count). The highest BCUT2D eigenvalue weighted by Gasteiger charge is 2.46. The molecule has 28 heavy (non-hydrogen) atoms. The summed E-state index contributed by atoms with van der Waals surface area (Å²) in [7, 11) is 0. The van der Waals surface area contributed by atoms with E-state index in [1.807, 2.05) is 48.8 Å². The van der Waals surface area contributed by atoms with Crippen molar-refractivity contribution in [2.24, 2.45) is 0 Å². The van der Waals surface area contributed by atoms with Gasteiger partial charge in [-0.1, -0.05) is 48.7 Å². The molecule has 0 N–H and O–H groups in total. The van der Waals surface area contributed by atoms with Crippen LogP contribution in [0.25, 0.3) is 11.0 Å². The Hall–Kier alpha value is -2.33. The van der Waals surface area contributed by atoms with Gasteiger partial charge in [0.15, 0.2) is 0 Å². The predicted octanol–water partition coefficient (Wildman–Crippen LogP) is 4.98. The fraction of sp³-hybridized carbons (Fsp3) is 0.391.